The smallest absolute Gasteiger partial charge is 0.123 e. The van der Waals surface area contributed by atoms with Crippen LogP contribution >= 0.6 is 0 Å². The quantitative estimate of drug-likeness (QED) is 0.775. The summed E-state index contributed by atoms with van der Waals surface area (Å²) in [5, 5.41) is 6.54. The zero-order valence-corrected chi connectivity index (χ0v) is 9.60. The summed E-state index contributed by atoms with van der Waals surface area (Å²) in [5.74, 6) is -0.186. The van der Waals surface area contributed by atoms with E-state index < -0.39 is 0 Å². The van der Waals surface area contributed by atoms with Crippen LogP contribution in [0.25, 0.3) is 0 Å². The van der Waals surface area contributed by atoms with Gasteiger partial charge in [0.1, 0.15) is 5.82 Å². The highest BCUT2D eigenvalue weighted by Gasteiger charge is 2.12. The lowest BCUT2D eigenvalue weighted by Crippen LogP contribution is -2.45. The molecule has 2 N–H and O–H groups in total. The standard InChI is InChI=1S/C12H19FN2/c1-12(2,14-3)9-15-8-10-4-6-11(13)7-5-10/h4-7,14-15H,8-9H2,1-3H3. The first-order valence-electron chi connectivity index (χ1n) is 5.17. The van der Waals surface area contributed by atoms with E-state index in [4.69, 9.17) is 0 Å². The summed E-state index contributed by atoms with van der Waals surface area (Å²) < 4.78 is 12.6. The fraction of sp³-hybridized carbons (Fsp3) is 0.500. The Balaban J connectivity index is 2.35. The van der Waals surface area contributed by atoms with Gasteiger partial charge < -0.3 is 10.6 Å². The second-order valence-electron chi connectivity index (χ2n) is 4.36. The van der Waals surface area contributed by atoms with E-state index in [9.17, 15) is 4.39 Å². The maximum atomic E-state index is 12.6. The number of hydrogen-bond donors (Lipinski definition) is 2. The van der Waals surface area contributed by atoms with Crippen LogP contribution < -0.4 is 10.6 Å². The summed E-state index contributed by atoms with van der Waals surface area (Å²) in [6, 6.07) is 6.57. The highest BCUT2D eigenvalue weighted by molar-refractivity contribution is 5.15. The Morgan fingerprint density at radius 2 is 1.80 bits per heavy atom. The predicted octanol–water partition coefficient (Wildman–Crippen LogP) is 1.91. The minimum Gasteiger partial charge on any atom is -0.314 e. The monoisotopic (exact) mass is 210 g/mol. The van der Waals surface area contributed by atoms with Gasteiger partial charge in [-0.3, -0.25) is 0 Å². The molecule has 1 aromatic carbocycles. The van der Waals surface area contributed by atoms with E-state index in [2.05, 4.69) is 24.5 Å². The topological polar surface area (TPSA) is 24.1 Å². The van der Waals surface area contributed by atoms with E-state index in [0.29, 0.717) is 0 Å². The zero-order chi connectivity index (χ0) is 11.3. The van der Waals surface area contributed by atoms with Crippen LogP contribution in [0.5, 0.6) is 0 Å². The fourth-order valence-electron chi connectivity index (χ4n) is 1.21. The molecule has 3 heteroatoms. The second kappa shape index (κ2) is 5.24. The van der Waals surface area contributed by atoms with Crippen LogP contribution in [0.1, 0.15) is 19.4 Å². The molecule has 1 rings (SSSR count). The lowest BCUT2D eigenvalue weighted by molar-refractivity contribution is 0.393. The van der Waals surface area contributed by atoms with Crippen molar-refractivity contribution in [2.45, 2.75) is 25.9 Å². The molecule has 0 unspecified atom stereocenters. The average molecular weight is 210 g/mol. The summed E-state index contributed by atoms with van der Waals surface area (Å²) in [6.45, 7) is 5.90. The maximum Gasteiger partial charge on any atom is 0.123 e. The Kier molecular flexibility index (Phi) is 4.24. The molecule has 84 valence electrons. The highest BCUT2D eigenvalue weighted by Crippen LogP contribution is 2.03. The molecule has 0 aromatic heterocycles. The first-order chi connectivity index (χ1) is 7.03. The van der Waals surface area contributed by atoms with Crippen molar-refractivity contribution in [2.75, 3.05) is 13.6 Å². The van der Waals surface area contributed by atoms with Crippen LogP contribution in [0.3, 0.4) is 0 Å². The Labute approximate surface area is 90.9 Å². The maximum absolute atomic E-state index is 12.6. The van der Waals surface area contributed by atoms with Crippen molar-refractivity contribution in [3.8, 4) is 0 Å². The minimum atomic E-state index is -0.186. The molecule has 0 saturated heterocycles. The third kappa shape index (κ3) is 4.40. The van der Waals surface area contributed by atoms with Crippen molar-refractivity contribution in [3.63, 3.8) is 0 Å². The molecule has 0 radical (unpaired) electrons. The summed E-state index contributed by atoms with van der Waals surface area (Å²) in [4.78, 5) is 0. The molecule has 0 bridgehead atoms. The second-order valence-corrected chi connectivity index (χ2v) is 4.36. The molecule has 0 fully saturated rings. The van der Waals surface area contributed by atoms with Crippen LogP contribution in [0.2, 0.25) is 0 Å². The van der Waals surface area contributed by atoms with Crippen molar-refractivity contribution >= 4 is 0 Å². The molecule has 0 aliphatic rings. The molecule has 15 heavy (non-hydrogen) atoms. The molecule has 0 amide bonds. The normalized spacial score (nSPS) is 11.7. The molecule has 0 aliphatic heterocycles. The molecular weight excluding hydrogens is 191 g/mol. The molecule has 0 heterocycles. The summed E-state index contributed by atoms with van der Waals surface area (Å²) in [7, 11) is 1.94. The SMILES string of the molecule is CNC(C)(C)CNCc1ccc(F)cc1. The highest BCUT2D eigenvalue weighted by atomic mass is 19.1. The lowest BCUT2D eigenvalue weighted by Gasteiger charge is -2.24. The lowest BCUT2D eigenvalue weighted by atomic mass is 10.1. The average Bonchev–Trinajstić information content (AvgIpc) is 2.21. The van der Waals surface area contributed by atoms with Crippen LogP contribution in [-0.2, 0) is 6.54 Å². The molecule has 0 atom stereocenters. The zero-order valence-electron chi connectivity index (χ0n) is 9.60. The number of halogens is 1. The van der Waals surface area contributed by atoms with Crippen LogP contribution in [-0.4, -0.2) is 19.1 Å². The molecule has 0 spiro atoms. The predicted molar refractivity (Wildman–Crippen MR) is 61.2 cm³/mol. The van der Waals surface area contributed by atoms with E-state index in [1.165, 1.54) is 12.1 Å². The molecule has 2 nitrogen and oxygen atoms in total. The first-order valence-corrected chi connectivity index (χ1v) is 5.17. The van der Waals surface area contributed by atoms with Gasteiger partial charge in [0.2, 0.25) is 0 Å². The molecule has 0 aliphatic carbocycles. The Morgan fingerprint density at radius 3 is 2.33 bits per heavy atom. The van der Waals surface area contributed by atoms with E-state index in [0.717, 1.165) is 18.7 Å². The van der Waals surface area contributed by atoms with Gasteiger partial charge in [-0.05, 0) is 38.6 Å². The van der Waals surface area contributed by atoms with Crippen molar-refractivity contribution in [1.29, 1.82) is 0 Å². The Hall–Kier alpha value is -0.930. The van der Waals surface area contributed by atoms with Crippen molar-refractivity contribution < 1.29 is 4.39 Å². The minimum absolute atomic E-state index is 0.0834. The van der Waals surface area contributed by atoms with Gasteiger partial charge in [-0.15, -0.1) is 0 Å². The fourth-order valence-corrected chi connectivity index (χ4v) is 1.21. The van der Waals surface area contributed by atoms with E-state index in [1.807, 2.05) is 7.05 Å². The van der Waals surface area contributed by atoms with Crippen molar-refractivity contribution in [1.82, 2.24) is 10.6 Å². The van der Waals surface area contributed by atoms with E-state index >= 15 is 0 Å². The van der Waals surface area contributed by atoms with Gasteiger partial charge in [0, 0.05) is 18.6 Å². The van der Waals surface area contributed by atoms with Crippen LogP contribution in [0.15, 0.2) is 24.3 Å². The van der Waals surface area contributed by atoms with Gasteiger partial charge in [-0.1, -0.05) is 12.1 Å². The number of rotatable bonds is 5. The van der Waals surface area contributed by atoms with Gasteiger partial charge in [0.05, 0.1) is 0 Å². The molecule has 1 aromatic rings. The summed E-state index contributed by atoms with van der Waals surface area (Å²) in [6.07, 6.45) is 0. The van der Waals surface area contributed by atoms with Crippen molar-refractivity contribution in [2.24, 2.45) is 0 Å². The summed E-state index contributed by atoms with van der Waals surface area (Å²) >= 11 is 0. The number of hydrogen-bond acceptors (Lipinski definition) is 2. The third-order valence-corrected chi connectivity index (χ3v) is 2.49. The van der Waals surface area contributed by atoms with Crippen LogP contribution in [0.4, 0.5) is 4.39 Å². The van der Waals surface area contributed by atoms with E-state index in [1.54, 1.807) is 12.1 Å². The van der Waals surface area contributed by atoms with Crippen molar-refractivity contribution in [3.05, 3.63) is 35.6 Å². The Bertz CT molecular complexity index is 293. The largest absolute Gasteiger partial charge is 0.314 e. The van der Waals surface area contributed by atoms with Gasteiger partial charge in [-0.2, -0.15) is 0 Å². The number of likely N-dealkylation sites (N-methyl/N-ethyl adjacent to an activating group) is 1. The van der Waals surface area contributed by atoms with E-state index in [-0.39, 0.29) is 11.4 Å². The van der Waals surface area contributed by atoms with Gasteiger partial charge in [-0.25, -0.2) is 4.39 Å². The first kappa shape index (κ1) is 12.1. The number of nitrogens with one attached hydrogen (secondary N) is 2. The Morgan fingerprint density at radius 1 is 1.20 bits per heavy atom. The third-order valence-electron chi connectivity index (χ3n) is 2.49. The van der Waals surface area contributed by atoms with Gasteiger partial charge >= 0.3 is 0 Å². The molecule has 0 saturated carbocycles. The van der Waals surface area contributed by atoms with Gasteiger partial charge in [0.25, 0.3) is 0 Å². The number of benzene rings is 1. The van der Waals surface area contributed by atoms with Crippen LogP contribution in [0, 0.1) is 5.82 Å². The summed E-state index contributed by atoms with van der Waals surface area (Å²) in [5.41, 5.74) is 1.18. The molecular formula is C12H19FN2. The van der Waals surface area contributed by atoms with Gasteiger partial charge in [0.15, 0.2) is 0 Å².